The molecule has 0 fully saturated rings. The molecule has 0 spiro atoms. The van der Waals surface area contributed by atoms with Crippen molar-refractivity contribution in [2.75, 3.05) is 5.73 Å². The molecular formula is C13H18NO2. The Bertz CT molecular complexity index is 386. The molecule has 0 bridgehead atoms. The Morgan fingerprint density at radius 2 is 2.19 bits per heavy atom. The lowest BCUT2D eigenvalue weighted by molar-refractivity contribution is -0.142. The van der Waals surface area contributed by atoms with Crippen LogP contribution in [0.3, 0.4) is 0 Å². The lowest BCUT2D eigenvalue weighted by Crippen LogP contribution is -2.06. The van der Waals surface area contributed by atoms with Crippen molar-refractivity contribution in [2.24, 2.45) is 0 Å². The molecule has 1 rings (SSSR count). The number of nitrogens with two attached hydrogens (primary N) is 1. The molecule has 0 aromatic heterocycles. The van der Waals surface area contributed by atoms with Crippen molar-refractivity contribution in [1.82, 2.24) is 0 Å². The molecule has 0 aliphatic heterocycles. The number of nitrogen functional groups attached to an aromatic ring is 1. The summed E-state index contributed by atoms with van der Waals surface area (Å²) >= 11 is 0. The number of carbonyl (C=O) groups excluding carboxylic acids is 1. The van der Waals surface area contributed by atoms with Crippen LogP contribution in [0.4, 0.5) is 5.69 Å². The van der Waals surface area contributed by atoms with Crippen LogP contribution in [-0.4, -0.2) is 5.97 Å². The summed E-state index contributed by atoms with van der Waals surface area (Å²) in [6.07, 6.45) is 1.69. The molecule has 1 radical (unpaired) electrons. The van der Waals surface area contributed by atoms with Gasteiger partial charge in [0.2, 0.25) is 0 Å². The van der Waals surface area contributed by atoms with Gasteiger partial charge in [0.1, 0.15) is 6.61 Å². The molecule has 3 heteroatoms. The van der Waals surface area contributed by atoms with E-state index in [-0.39, 0.29) is 5.97 Å². The third-order valence-corrected chi connectivity index (χ3v) is 2.60. The van der Waals surface area contributed by atoms with Gasteiger partial charge in [0.25, 0.3) is 0 Å². The molecular weight excluding hydrogens is 202 g/mol. The largest absolute Gasteiger partial charge is 0.461 e. The molecule has 2 N–H and O–H groups in total. The van der Waals surface area contributed by atoms with Crippen LogP contribution in [0.1, 0.15) is 30.0 Å². The molecule has 87 valence electrons. The van der Waals surface area contributed by atoms with Crippen molar-refractivity contribution in [3.05, 3.63) is 35.7 Å². The first-order valence-corrected chi connectivity index (χ1v) is 5.35. The normalized spacial score (nSPS) is 10.2. The highest BCUT2D eigenvalue weighted by atomic mass is 16.5. The van der Waals surface area contributed by atoms with Crippen LogP contribution >= 0.6 is 0 Å². The van der Waals surface area contributed by atoms with E-state index in [2.05, 4.69) is 6.92 Å². The van der Waals surface area contributed by atoms with Gasteiger partial charge >= 0.3 is 5.97 Å². The van der Waals surface area contributed by atoms with Crippen molar-refractivity contribution in [3.63, 3.8) is 0 Å². The third-order valence-electron chi connectivity index (χ3n) is 2.60. The van der Waals surface area contributed by atoms with E-state index in [9.17, 15) is 4.79 Å². The highest BCUT2D eigenvalue weighted by Gasteiger charge is 2.09. The number of esters is 1. The fourth-order valence-corrected chi connectivity index (χ4v) is 1.63. The van der Waals surface area contributed by atoms with E-state index in [4.69, 9.17) is 10.5 Å². The van der Waals surface area contributed by atoms with Gasteiger partial charge in [-0.25, -0.2) is 0 Å². The number of benzene rings is 1. The molecule has 0 saturated heterocycles. The van der Waals surface area contributed by atoms with Crippen molar-refractivity contribution in [3.8, 4) is 0 Å². The Labute approximate surface area is 96.6 Å². The van der Waals surface area contributed by atoms with E-state index in [1.54, 1.807) is 0 Å². The molecule has 0 unspecified atom stereocenters. The van der Waals surface area contributed by atoms with Gasteiger partial charge in [-0.05, 0) is 42.5 Å². The first-order valence-electron chi connectivity index (χ1n) is 5.35. The molecule has 0 aliphatic carbocycles. The van der Waals surface area contributed by atoms with Gasteiger partial charge in [0, 0.05) is 12.6 Å². The lowest BCUT2D eigenvalue weighted by Gasteiger charge is -2.14. The van der Waals surface area contributed by atoms with Gasteiger partial charge in [-0.2, -0.15) is 0 Å². The maximum Gasteiger partial charge on any atom is 0.302 e. The van der Waals surface area contributed by atoms with E-state index in [0.29, 0.717) is 6.61 Å². The maximum absolute atomic E-state index is 10.8. The van der Waals surface area contributed by atoms with Gasteiger partial charge in [-0.15, -0.1) is 0 Å². The molecule has 3 nitrogen and oxygen atoms in total. The highest BCUT2D eigenvalue weighted by Crippen LogP contribution is 2.22. The molecule has 1 aromatic carbocycles. The molecule has 0 aliphatic rings. The monoisotopic (exact) mass is 220 g/mol. The average molecular weight is 220 g/mol. The zero-order chi connectivity index (χ0) is 12.1. The Balaban J connectivity index is 3.00. The van der Waals surface area contributed by atoms with Gasteiger partial charge in [-0.3, -0.25) is 4.79 Å². The molecule has 0 amide bonds. The second kappa shape index (κ2) is 5.54. The quantitative estimate of drug-likeness (QED) is 0.626. The van der Waals surface area contributed by atoms with Crippen LogP contribution in [0.5, 0.6) is 0 Å². The third kappa shape index (κ3) is 2.99. The number of anilines is 1. The van der Waals surface area contributed by atoms with Crippen LogP contribution < -0.4 is 5.73 Å². The highest BCUT2D eigenvalue weighted by molar-refractivity contribution is 5.66. The van der Waals surface area contributed by atoms with E-state index in [0.717, 1.165) is 35.2 Å². The molecule has 0 heterocycles. The minimum Gasteiger partial charge on any atom is -0.461 e. The Hall–Kier alpha value is -1.51. The second-order valence-corrected chi connectivity index (χ2v) is 3.80. The zero-order valence-corrected chi connectivity index (χ0v) is 9.88. The Morgan fingerprint density at radius 1 is 1.50 bits per heavy atom. The van der Waals surface area contributed by atoms with Crippen LogP contribution in [0.25, 0.3) is 0 Å². The number of hydrogen-bond donors (Lipinski definition) is 1. The predicted molar refractivity (Wildman–Crippen MR) is 64.7 cm³/mol. The molecule has 1 aromatic rings. The molecule has 0 atom stereocenters. The molecule has 16 heavy (non-hydrogen) atoms. The maximum atomic E-state index is 10.8. The number of aryl methyl sites for hydroxylation is 1. The summed E-state index contributed by atoms with van der Waals surface area (Å²) in [4.78, 5) is 10.8. The summed E-state index contributed by atoms with van der Waals surface area (Å²) in [5.41, 5.74) is 9.73. The number of rotatable bonds is 4. The summed E-state index contributed by atoms with van der Waals surface area (Å²) in [5, 5.41) is 0. The van der Waals surface area contributed by atoms with E-state index in [1.165, 1.54) is 6.92 Å². The number of ether oxygens (including phenoxy) is 1. The minimum atomic E-state index is -0.276. The second-order valence-electron chi connectivity index (χ2n) is 3.80. The lowest BCUT2D eigenvalue weighted by atomic mass is 9.98. The van der Waals surface area contributed by atoms with Crippen LogP contribution in [0.15, 0.2) is 12.1 Å². The summed E-state index contributed by atoms with van der Waals surface area (Å²) in [6, 6.07) is 3.87. The van der Waals surface area contributed by atoms with Gasteiger partial charge in [0.05, 0.1) is 0 Å². The van der Waals surface area contributed by atoms with Crippen LogP contribution in [-0.2, 0) is 22.6 Å². The molecule has 0 saturated carbocycles. The minimum absolute atomic E-state index is 0.276. The summed E-state index contributed by atoms with van der Waals surface area (Å²) in [5.74, 6) is -0.276. The Morgan fingerprint density at radius 3 is 2.75 bits per heavy atom. The van der Waals surface area contributed by atoms with E-state index in [1.807, 2.05) is 19.1 Å². The van der Waals surface area contributed by atoms with Crippen LogP contribution in [0, 0.1) is 13.8 Å². The first-order chi connectivity index (χ1) is 7.56. The van der Waals surface area contributed by atoms with Gasteiger partial charge in [-0.1, -0.05) is 13.0 Å². The van der Waals surface area contributed by atoms with Gasteiger partial charge in [0.15, 0.2) is 0 Å². The summed E-state index contributed by atoms with van der Waals surface area (Å²) < 4.78 is 5.04. The fraction of sp³-hybridized carbons (Fsp3) is 0.385. The average Bonchev–Trinajstić information content (AvgIpc) is 2.23. The van der Waals surface area contributed by atoms with E-state index < -0.39 is 0 Å². The standard InChI is InChI=1S/C13H18NO2/c1-4-5-11-6-7-13(14)9(2)12(11)8-16-10(3)15/h6-7H,1,4-5,8,14H2,2-3H3. The van der Waals surface area contributed by atoms with Crippen molar-refractivity contribution >= 4 is 11.7 Å². The first kappa shape index (κ1) is 12.6. The van der Waals surface area contributed by atoms with Crippen LogP contribution in [0.2, 0.25) is 0 Å². The smallest absolute Gasteiger partial charge is 0.302 e. The topological polar surface area (TPSA) is 52.3 Å². The van der Waals surface area contributed by atoms with Gasteiger partial charge < -0.3 is 10.5 Å². The number of carbonyl (C=O) groups is 1. The van der Waals surface area contributed by atoms with E-state index >= 15 is 0 Å². The van der Waals surface area contributed by atoms with Crippen molar-refractivity contribution < 1.29 is 9.53 Å². The predicted octanol–water partition coefficient (Wildman–Crippen LogP) is 2.41. The van der Waals surface area contributed by atoms with Crippen molar-refractivity contribution in [1.29, 1.82) is 0 Å². The zero-order valence-electron chi connectivity index (χ0n) is 9.88. The SMILES string of the molecule is [CH2]CCc1ccc(N)c(C)c1COC(C)=O. The summed E-state index contributed by atoms with van der Waals surface area (Å²) in [7, 11) is 0. The summed E-state index contributed by atoms with van der Waals surface area (Å²) in [6.45, 7) is 7.47. The fourth-order valence-electron chi connectivity index (χ4n) is 1.63. The Kier molecular flexibility index (Phi) is 4.35. The van der Waals surface area contributed by atoms with Crippen molar-refractivity contribution in [2.45, 2.75) is 33.3 Å². The number of hydrogen-bond acceptors (Lipinski definition) is 3.